The van der Waals surface area contributed by atoms with Gasteiger partial charge in [0, 0.05) is 10.5 Å². The summed E-state index contributed by atoms with van der Waals surface area (Å²) in [6.07, 6.45) is 1.55. The first kappa shape index (κ1) is 12.1. The van der Waals surface area contributed by atoms with Crippen LogP contribution in [0.4, 0.5) is 14.5 Å². The van der Waals surface area contributed by atoms with Gasteiger partial charge in [0.2, 0.25) is 0 Å². The second-order valence-corrected chi connectivity index (χ2v) is 4.48. The van der Waals surface area contributed by atoms with E-state index in [2.05, 4.69) is 21.2 Å². The molecule has 5 heteroatoms. The summed E-state index contributed by atoms with van der Waals surface area (Å²) < 4.78 is 32.0. The van der Waals surface area contributed by atoms with Crippen LogP contribution < -0.4 is 5.32 Å². The van der Waals surface area contributed by atoms with E-state index in [0.717, 1.165) is 6.07 Å². The lowest BCUT2D eigenvalue weighted by Gasteiger charge is -2.15. The summed E-state index contributed by atoms with van der Waals surface area (Å²) in [4.78, 5) is 0. The maximum Gasteiger partial charge on any atom is 0.150 e. The van der Waals surface area contributed by atoms with Gasteiger partial charge in [0.1, 0.15) is 17.4 Å². The summed E-state index contributed by atoms with van der Waals surface area (Å²) in [7, 11) is 0. The Morgan fingerprint density at radius 3 is 2.71 bits per heavy atom. The van der Waals surface area contributed by atoms with Gasteiger partial charge < -0.3 is 9.73 Å². The Kier molecular flexibility index (Phi) is 3.47. The van der Waals surface area contributed by atoms with Crippen LogP contribution in [0.3, 0.4) is 0 Å². The summed E-state index contributed by atoms with van der Waals surface area (Å²) in [5.41, 5.74) is 0.218. The van der Waals surface area contributed by atoms with Gasteiger partial charge in [-0.05, 0) is 41.1 Å². The Morgan fingerprint density at radius 2 is 2.12 bits per heavy atom. The zero-order valence-corrected chi connectivity index (χ0v) is 10.6. The summed E-state index contributed by atoms with van der Waals surface area (Å²) in [6.45, 7) is 1.83. The zero-order valence-electron chi connectivity index (χ0n) is 9.01. The maximum absolute atomic E-state index is 13.6. The third kappa shape index (κ3) is 2.66. The predicted octanol–water partition coefficient (Wildman–Crippen LogP) is 4.49. The number of furan rings is 1. The van der Waals surface area contributed by atoms with Crippen molar-refractivity contribution < 1.29 is 13.2 Å². The van der Waals surface area contributed by atoms with Crippen molar-refractivity contribution in [2.24, 2.45) is 0 Å². The number of hydrogen-bond acceptors (Lipinski definition) is 2. The summed E-state index contributed by atoms with van der Waals surface area (Å²) >= 11 is 3.12. The van der Waals surface area contributed by atoms with Crippen LogP contribution in [-0.4, -0.2) is 0 Å². The van der Waals surface area contributed by atoms with E-state index in [4.69, 9.17) is 4.42 Å². The average Bonchev–Trinajstić information content (AvgIpc) is 2.76. The second-order valence-electron chi connectivity index (χ2n) is 3.63. The van der Waals surface area contributed by atoms with E-state index >= 15 is 0 Å². The third-order valence-electron chi connectivity index (χ3n) is 2.34. The van der Waals surface area contributed by atoms with Crippen molar-refractivity contribution in [2.45, 2.75) is 13.0 Å². The van der Waals surface area contributed by atoms with Crippen molar-refractivity contribution in [2.75, 3.05) is 5.32 Å². The molecule has 2 nitrogen and oxygen atoms in total. The lowest BCUT2D eigenvalue weighted by Crippen LogP contribution is -2.08. The van der Waals surface area contributed by atoms with Gasteiger partial charge >= 0.3 is 0 Å². The molecule has 1 unspecified atom stereocenters. The number of halogens is 3. The van der Waals surface area contributed by atoms with Crippen molar-refractivity contribution in [1.29, 1.82) is 0 Å². The van der Waals surface area contributed by atoms with E-state index in [0.29, 0.717) is 10.2 Å². The molecule has 90 valence electrons. The molecule has 0 amide bonds. The van der Waals surface area contributed by atoms with Gasteiger partial charge in [-0.2, -0.15) is 0 Å². The van der Waals surface area contributed by atoms with Gasteiger partial charge in [0.15, 0.2) is 0 Å². The lowest BCUT2D eigenvalue weighted by atomic mass is 10.2. The van der Waals surface area contributed by atoms with Crippen LogP contribution in [0.25, 0.3) is 0 Å². The van der Waals surface area contributed by atoms with Crippen molar-refractivity contribution in [1.82, 2.24) is 0 Å². The number of rotatable bonds is 3. The normalized spacial score (nSPS) is 12.5. The van der Waals surface area contributed by atoms with E-state index in [1.54, 1.807) is 18.4 Å². The molecule has 2 rings (SSSR count). The van der Waals surface area contributed by atoms with Crippen LogP contribution in [0, 0.1) is 11.6 Å². The molecule has 1 aromatic carbocycles. The molecule has 0 aliphatic heterocycles. The molecule has 0 aliphatic carbocycles. The molecule has 0 saturated carbocycles. The first-order valence-electron chi connectivity index (χ1n) is 5.02. The van der Waals surface area contributed by atoms with Gasteiger partial charge in [-0.15, -0.1) is 0 Å². The highest BCUT2D eigenvalue weighted by Crippen LogP contribution is 2.30. The van der Waals surface area contributed by atoms with Crippen LogP contribution >= 0.6 is 15.9 Å². The Morgan fingerprint density at radius 1 is 1.35 bits per heavy atom. The Labute approximate surface area is 106 Å². The fourth-order valence-electron chi connectivity index (χ4n) is 1.51. The molecular formula is C12H10BrF2NO. The molecule has 0 spiro atoms. The fraction of sp³-hybridized carbons (Fsp3) is 0.167. The second kappa shape index (κ2) is 4.87. The Balaban J connectivity index is 2.25. The highest BCUT2D eigenvalue weighted by Gasteiger charge is 2.14. The molecule has 1 atom stereocenters. The smallest absolute Gasteiger partial charge is 0.150 e. The molecule has 1 aromatic heterocycles. The number of anilines is 1. The minimum Gasteiger partial charge on any atom is -0.467 e. The van der Waals surface area contributed by atoms with Crippen molar-refractivity contribution in [3.05, 3.63) is 52.4 Å². The quantitative estimate of drug-likeness (QED) is 0.903. The zero-order chi connectivity index (χ0) is 12.4. The lowest BCUT2D eigenvalue weighted by molar-refractivity contribution is 0.489. The minimum absolute atomic E-state index is 0.207. The maximum atomic E-state index is 13.6. The molecule has 0 radical (unpaired) electrons. The number of nitrogens with one attached hydrogen (secondary N) is 1. The molecule has 2 aromatic rings. The standard InChI is InChI=1S/C12H10BrF2NO/c1-7(11-3-2-4-17-11)16-12-9(13)5-8(14)6-10(12)15/h2-7,16H,1H3. The third-order valence-corrected chi connectivity index (χ3v) is 2.96. The summed E-state index contributed by atoms with van der Waals surface area (Å²) in [6, 6.07) is 5.37. The van der Waals surface area contributed by atoms with Gasteiger partial charge in [-0.25, -0.2) is 8.78 Å². The van der Waals surface area contributed by atoms with Gasteiger partial charge in [0.05, 0.1) is 18.0 Å². The van der Waals surface area contributed by atoms with Gasteiger partial charge in [-0.3, -0.25) is 0 Å². The molecule has 17 heavy (non-hydrogen) atoms. The SMILES string of the molecule is CC(Nc1c(F)cc(F)cc1Br)c1ccco1. The Hall–Kier alpha value is -1.36. The summed E-state index contributed by atoms with van der Waals surface area (Å²) in [5, 5.41) is 2.93. The van der Waals surface area contributed by atoms with Crippen LogP contribution in [0.2, 0.25) is 0 Å². The van der Waals surface area contributed by atoms with E-state index in [-0.39, 0.29) is 11.7 Å². The van der Waals surface area contributed by atoms with E-state index in [9.17, 15) is 8.78 Å². The average molecular weight is 302 g/mol. The number of hydrogen-bond donors (Lipinski definition) is 1. The predicted molar refractivity (Wildman–Crippen MR) is 64.8 cm³/mol. The van der Waals surface area contributed by atoms with Gasteiger partial charge in [-0.1, -0.05) is 0 Å². The first-order chi connectivity index (χ1) is 8.08. The topological polar surface area (TPSA) is 25.2 Å². The van der Waals surface area contributed by atoms with Crippen LogP contribution in [0.5, 0.6) is 0 Å². The highest BCUT2D eigenvalue weighted by molar-refractivity contribution is 9.10. The summed E-state index contributed by atoms with van der Waals surface area (Å²) in [5.74, 6) is -0.582. The molecule has 1 N–H and O–H groups in total. The van der Waals surface area contributed by atoms with Crippen molar-refractivity contribution >= 4 is 21.6 Å². The van der Waals surface area contributed by atoms with Crippen molar-refractivity contribution in [3.63, 3.8) is 0 Å². The van der Waals surface area contributed by atoms with Crippen LogP contribution in [-0.2, 0) is 0 Å². The minimum atomic E-state index is -0.643. The number of benzene rings is 1. The molecule has 1 heterocycles. The van der Waals surface area contributed by atoms with E-state index < -0.39 is 11.6 Å². The van der Waals surface area contributed by atoms with Gasteiger partial charge in [0.25, 0.3) is 0 Å². The fourth-order valence-corrected chi connectivity index (χ4v) is 2.03. The van der Waals surface area contributed by atoms with Crippen LogP contribution in [0.15, 0.2) is 39.4 Å². The molecular weight excluding hydrogens is 292 g/mol. The van der Waals surface area contributed by atoms with E-state index in [1.165, 1.54) is 6.07 Å². The first-order valence-corrected chi connectivity index (χ1v) is 5.81. The largest absolute Gasteiger partial charge is 0.467 e. The molecule has 0 aliphatic rings. The molecule has 0 fully saturated rings. The molecule has 0 saturated heterocycles. The highest BCUT2D eigenvalue weighted by atomic mass is 79.9. The van der Waals surface area contributed by atoms with Crippen molar-refractivity contribution in [3.8, 4) is 0 Å². The van der Waals surface area contributed by atoms with E-state index in [1.807, 2.05) is 6.92 Å². The van der Waals surface area contributed by atoms with Crippen LogP contribution in [0.1, 0.15) is 18.7 Å². The monoisotopic (exact) mass is 301 g/mol. The molecule has 0 bridgehead atoms. The Bertz CT molecular complexity index is 490.